The van der Waals surface area contributed by atoms with Crippen LogP contribution in [0.4, 0.5) is 5.69 Å². The van der Waals surface area contributed by atoms with Crippen molar-refractivity contribution < 1.29 is 0 Å². The molecule has 0 aliphatic heterocycles. The van der Waals surface area contributed by atoms with E-state index in [-0.39, 0.29) is 0 Å². The van der Waals surface area contributed by atoms with Crippen LogP contribution < -0.4 is 5.73 Å². The molecule has 2 heterocycles. The lowest BCUT2D eigenvalue weighted by molar-refractivity contribution is 0.997. The van der Waals surface area contributed by atoms with Crippen molar-refractivity contribution in [2.75, 3.05) is 5.73 Å². The largest absolute Gasteiger partial charge is 0.396 e. The first-order valence-electron chi connectivity index (χ1n) is 3.69. The van der Waals surface area contributed by atoms with Gasteiger partial charge in [0.2, 0.25) is 0 Å². The van der Waals surface area contributed by atoms with E-state index in [1.54, 1.807) is 18.6 Å². The van der Waals surface area contributed by atoms with Crippen molar-refractivity contribution in [2.45, 2.75) is 0 Å². The number of nitrogens with two attached hydrogens (primary N) is 1. The third-order valence-electron chi connectivity index (χ3n) is 1.65. The molecule has 0 bridgehead atoms. The van der Waals surface area contributed by atoms with Crippen molar-refractivity contribution in [1.82, 2.24) is 14.3 Å². The first-order chi connectivity index (χ1) is 6.27. The predicted octanol–water partition coefficient (Wildman–Crippen LogP) is 1.53. The quantitative estimate of drug-likeness (QED) is 0.749. The van der Waals surface area contributed by atoms with Gasteiger partial charge in [-0.2, -0.15) is 9.30 Å². The van der Waals surface area contributed by atoms with E-state index in [9.17, 15) is 0 Å². The molecule has 0 atom stereocenters. The average molecular weight is 195 g/mol. The molecular weight excluding hydrogens is 188 g/mol. The highest BCUT2D eigenvalue weighted by molar-refractivity contribution is 6.15. The minimum atomic E-state index is 0.544. The Hall–Kier alpha value is -1.55. The molecule has 0 aliphatic carbocycles. The summed E-state index contributed by atoms with van der Waals surface area (Å²) < 4.78 is 1.16. The molecule has 13 heavy (non-hydrogen) atoms. The van der Waals surface area contributed by atoms with Gasteiger partial charge in [-0.05, 0) is 12.1 Å². The smallest absolute Gasteiger partial charge is 0.118 e. The van der Waals surface area contributed by atoms with E-state index in [0.717, 1.165) is 9.76 Å². The van der Waals surface area contributed by atoms with E-state index in [0.29, 0.717) is 11.4 Å². The molecule has 0 unspecified atom stereocenters. The van der Waals surface area contributed by atoms with Gasteiger partial charge in [-0.25, -0.2) is 0 Å². The van der Waals surface area contributed by atoms with Crippen molar-refractivity contribution >= 4 is 17.5 Å². The van der Waals surface area contributed by atoms with Crippen LogP contribution in [0.1, 0.15) is 0 Å². The maximum Gasteiger partial charge on any atom is 0.118 e. The van der Waals surface area contributed by atoms with Gasteiger partial charge in [-0.15, -0.1) is 0 Å². The van der Waals surface area contributed by atoms with E-state index in [1.807, 2.05) is 12.1 Å². The van der Waals surface area contributed by atoms with Crippen LogP contribution in [0.2, 0.25) is 0 Å². The van der Waals surface area contributed by atoms with E-state index in [4.69, 9.17) is 17.5 Å². The molecule has 0 fully saturated rings. The standard InChI is InChI=1S/C8H7ClN4/c9-13-5-7(10)8(12-13)6-2-1-3-11-4-6/h1-5H,10H2. The number of pyridine rings is 1. The van der Waals surface area contributed by atoms with Gasteiger partial charge in [-0.1, -0.05) is 0 Å². The second-order valence-electron chi connectivity index (χ2n) is 2.56. The summed E-state index contributed by atoms with van der Waals surface area (Å²) in [5.41, 5.74) is 7.74. The normalized spacial score (nSPS) is 10.2. The number of anilines is 1. The summed E-state index contributed by atoms with van der Waals surface area (Å²) in [7, 11) is 0. The first kappa shape index (κ1) is 8.07. The molecule has 0 spiro atoms. The van der Waals surface area contributed by atoms with Gasteiger partial charge in [0.1, 0.15) is 5.69 Å². The molecule has 2 aromatic heterocycles. The zero-order valence-electron chi connectivity index (χ0n) is 6.68. The number of nitrogens with zero attached hydrogens (tertiary/aromatic N) is 3. The van der Waals surface area contributed by atoms with Gasteiger partial charge in [0.25, 0.3) is 0 Å². The maximum absolute atomic E-state index is 5.68. The van der Waals surface area contributed by atoms with Crippen LogP contribution in [-0.4, -0.2) is 14.3 Å². The Bertz CT molecular complexity index is 409. The lowest BCUT2D eigenvalue weighted by Gasteiger charge is -1.94. The number of halogens is 1. The maximum atomic E-state index is 5.68. The molecule has 0 saturated carbocycles. The number of hydrogen-bond donors (Lipinski definition) is 1. The highest BCUT2D eigenvalue weighted by atomic mass is 35.5. The van der Waals surface area contributed by atoms with E-state index >= 15 is 0 Å². The van der Waals surface area contributed by atoms with Gasteiger partial charge in [0, 0.05) is 29.7 Å². The lowest BCUT2D eigenvalue weighted by atomic mass is 10.2. The van der Waals surface area contributed by atoms with Crippen molar-refractivity contribution in [2.24, 2.45) is 0 Å². The fourth-order valence-corrected chi connectivity index (χ4v) is 1.27. The van der Waals surface area contributed by atoms with Crippen LogP contribution in [0.3, 0.4) is 0 Å². The Morgan fingerprint density at radius 3 is 2.85 bits per heavy atom. The monoisotopic (exact) mass is 194 g/mol. The Morgan fingerprint density at radius 2 is 2.31 bits per heavy atom. The molecular formula is C8H7ClN4. The molecule has 4 nitrogen and oxygen atoms in total. The fraction of sp³-hybridized carbons (Fsp3) is 0. The number of aromatic nitrogens is 3. The van der Waals surface area contributed by atoms with E-state index in [1.165, 1.54) is 0 Å². The minimum absolute atomic E-state index is 0.544. The summed E-state index contributed by atoms with van der Waals surface area (Å²) in [6.07, 6.45) is 4.93. The Kier molecular flexibility index (Phi) is 1.90. The molecule has 2 N–H and O–H groups in total. The summed E-state index contributed by atoms with van der Waals surface area (Å²) in [6, 6.07) is 3.70. The lowest BCUT2D eigenvalue weighted by Crippen LogP contribution is -1.86. The van der Waals surface area contributed by atoms with Crippen LogP contribution in [0.5, 0.6) is 0 Å². The number of hydrogen-bond acceptors (Lipinski definition) is 3. The second-order valence-corrected chi connectivity index (χ2v) is 2.91. The van der Waals surface area contributed by atoms with Crippen LogP contribution in [0, 0.1) is 0 Å². The zero-order chi connectivity index (χ0) is 9.26. The molecule has 0 aromatic carbocycles. The Balaban J connectivity index is 2.53. The van der Waals surface area contributed by atoms with Gasteiger partial charge < -0.3 is 5.73 Å². The molecule has 2 rings (SSSR count). The third kappa shape index (κ3) is 1.48. The topological polar surface area (TPSA) is 56.7 Å². The zero-order valence-corrected chi connectivity index (χ0v) is 7.44. The summed E-state index contributed by atoms with van der Waals surface area (Å²) in [4.78, 5) is 3.96. The van der Waals surface area contributed by atoms with E-state index < -0.39 is 0 Å². The Labute approximate surface area is 80.1 Å². The fourth-order valence-electron chi connectivity index (χ4n) is 1.09. The number of rotatable bonds is 1. The van der Waals surface area contributed by atoms with Crippen molar-refractivity contribution in [1.29, 1.82) is 0 Å². The van der Waals surface area contributed by atoms with Crippen molar-refractivity contribution in [3.8, 4) is 11.3 Å². The van der Waals surface area contributed by atoms with Crippen LogP contribution in [-0.2, 0) is 0 Å². The molecule has 0 saturated heterocycles. The van der Waals surface area contributed by atoms with E-state index in [2.05, 4.69) is 10.1 Å². The van der Waals surface area contributed by atoms with Crippen molar-refractivity contribution in [3.05, 3.63) is 30.7 Å². The second kappa shape index (κ2) is 3.06. The molecule has 66 valence electrons. The molecule has 0 aliphatic rings. The molecule has 2 aromatic rings. The molecule has 5 heteroatoms. The number of nitrogen functional groups attached to an aromatic ring is 1. The predicted molar refractivity (Wildman–Crippen MR) is 51.1 cm³/mol. The first-order valence-corrected chi connectivity index (χ1v) is 4.03. The molecule has 0 radical (unpaired) electrons. The summed E-state index contributed by atoms with van der Waals surface area (Å²) in [5, 5.41) is 4.00. The van der Waals surface area contributed by atoms with Gasteiger partial charge in [0.05, 0.1) is 11.9 Å². The van der Waals surface area contributed by atoms with Crippen molar-refractivity contribution in [3.63, 3.8) is 0 Å². The minimum Gasteiger partial charge on any atom is -0.396 e. The SMILES string of the molecule is Nc1cn(Cl)nc1-c1cccnc1. The Morgan fingerprint density at radius 1 is 1.46 bits per heavy atom. The van der Waals surface area contributed by atoms with Gasteiger partial charge in [-0.3, -0.25) is 4.98 Å². The summed E-state index contributed by atoms with van der Waals surface area (Å²) >= 11 is 5.62. The van der Waals surface area contributed by atoms with Crippen LogP contribution in [0.15, 0.2) is 30.7 Å². The average Bonchev–Trinajstić information content (AvgIpc) is 2.47. The van der Waals surface area contributed by atoms with Gasteiger partial charge in [0.15, 0.2) is 0 Å². The van der Waals surface area contributed by atoms with Crippen LogP contribution in [0.25, 0.3) is 11.3 Å². The molecule has 0 amide bonds. The van der Waals surface area contributed by atoms with Crippen LogP contribution >= 0.6 is 11.8 Å². The summed E-state index contributed by atoms with van der Waals surface area (Å²) in [5.74, 6) is 0. The van der Waals surface area contributed by atoms with Gasteiger partial charge >= 0.3 is 0 Å². The highest BCUT2D eigenvalue weighted by Gasteiger charge is 2.06. The third-order valence-corrected chi connectivity index (χ3v) is 1.82. The summed E-state index contributed by atoms with van der Waals surface area (Å²) in [6.45, 7) is 0. The highest BCUT2D eigenvalue weighted by Crippen LogP contribution is 2.22.